The molecule has 0 saturated carbocycles. The van der Waals surface area contributed by atoms with E-state index in [4.69, 9.17) is 5.73 Å². The Morgan fingerprint density at radius 2 is 2.06 bits per heavy atom. The number of aromatic nitrogens is 2. The first kappa shape index (κ1) is 11.2. The van der Waals surface area contributed by atoms with Crippen LogP contribution in [0, 0.1) is 13.8 Å². The van der Waals surface area contributed by atoms with Gasteiger partial charge in [-0.1, -0.05) is 12.6 Å². The van der Waals surface area contributed by atoms with Gasteiger partial charge in [0.05, 0.1) is 5.70 Å². The summed E-state index contributed by atoms with van der Waals surface area (Å²) in [7, 11) is 0. The minimum absolute atomic E-state index is 0.228. The second-order valence-electron chi connectivity index (χ2n) is 3.90. The van der Waals surface area contributed by atoms with Crippen molar-refractivity contribution in [3.05, 3.63) is 41.6 Å². The van der Waals surface area contributed by atoms with Crippen molar-refractivity contribution in [3.8, 4) is 0 Å². The Morgan fingerprint density at radius 3 is 2.65 bits per heavy atom. The van der Waals surface area contributed by atoms with Crippen molar-refractivity contribution in [2.45, 2.75) is 13.8 Å². The summed E-state index contributed by atoms with van der Waals surface area (Å²) in [4.78, 5) is 0. The van der Waals surface area contributed by atoms with Gasteiger partial charge in [0.15, 0.2) is 11.5 Å². The summed E-state index contributed by atoms with van der Waals surface area (Å²) in [6.07, 6.45) is 0. The monoisotopic (exact) mass is 230 g/mol. The highest BCUT2D eigenvalue weighted by molar-refractivity contribution is 5.77. The molecule has 0 fully saturated rings. The average Bonchev–Trinajstić information content (AvgIpc) is 2.70. The first-order chi connectivity index (χ1) is 8.08. The van der Waals surface area contributed by atoms with Crippen LogP contribution >= 0.6 is 0 Å². The van der Waals surface area contributed by atoms with E-state index in [1.54, 1.807) is 0 Å². The summed E-state index contributed by atoms with van der Waals surface area (Å²) in [5.41, 5.74) is 9.95. The number of benzene rings is 1. The van der Waals surface area contributed by atoms with Crippen molar-refractivity contribution < 1.29 is 4.63 Å². The highest BCUT2D eigenvalue weighted by Crippen LogP contribution is 2.20. The summed E-state index contributed by atoms with van der Waals surface area (Å²) in [5.74, 6) is 0.228. The molecule has 0 amide bonds. The zero-order chi connectivity index (χ0) is 12.4. The summed E-state index contributed by atoms with van der Waals surface area (Å²) >= 11 is 0. The maximum Gasteiger partial charge on any atom is 0.197 e. The lowest BCUT2D eigenvalue weighted by Gasteiger charge is -2.09. The van der Waals surface area contributed by atoms with E-state index >= 15 is 0 Å². The number of nitrogens with one attached hydrogen (secondary N) is 1. The number of hydrogen-bond donors (Lipinski definition) is 2. The zero-order valence-corrected chi connectivity index (χ0v) is 9.82. The molecule has 0 bridgehead atoms. The molecule has 0 saturated heterocycles. The molecule has 1 aromatic heterocycles. The second-order valence-corrected chi connectivity index (χ2v) is 3.90. The van der Waals surface area contributed by atoms with Gasteiger partial charge in [0.25, 0.3) is 0 Å². The van der Waals surface area contributed by atoms with Crippen LogP contribution in [0.2, 0.25) is 0 Å². The van der Waals surface area contributed by atoms with E-state index in [0.717, 1.165) is 5.69 Å². The predicted octanol–water partition coefficient (Wildman–Crippen LogP) is 2.35. The summed E-state index contributed by atoms with van der Waals surface area (Å²) < 4.78 is 4.52. The van der Waals surface area contributed by atoms with Gasteiger partial charge in [0, 0.05) is 5.69 Å². The van der Waals surface area contributed by atoms with E-state index in [9.17, 15) is 0 Å². The molecule has 5 heteroatoms. The van der Waals surface area contributed by atoms with Crippen LogP contribution in [-0.4, -0.2) is 10.3 Å². The lowest BCUT2D eigenvalue weighted by molar-refractivity contribution is 0.308. The quantitative estimate of drug-likeness (QED) is 0.846. The first-order valence-corrected chi connectivity index (χ1v) is 5.19. The number of nitrogens with two attached hydrogens (primary N) is 1. The average molecular weight is 230 g/mol. The van der Waals surface area contributed by atoms with Gasteiger partial charge in [-0.3, -0.25) is 0 Å². The third kappa shape index (κ3) is 2.28. The Morgan fingerprint density at radius 1 is 1.29 bits per heavy atom. The molecule has 0 radical (unpaired) electrons. The molecule has 0 spiro atoms. The normalized spacial score (nSPS) is 10.2. The fraction of sp³-hybridized carbons (Fsp3) is 0.167. The van der Waals surface area contributed by atoms with Crippen LogP contribution in [0.15, 0.2) is 29.4 Å². The molecule has 0 atom stereocenters. The highest BCUT2D eigenvalue weighted by atomic mass is 16.6. The van der Waals surface area contributed by atoms with Crippen LogP contribution in [0.1, 0.15) is 16.8 Å². The lowest BCUT2D eigenvalue weighted by Crippen LogP contribution is -2.01. The lowest BCUT2D eigenvalue weighted by atomic mass is 10.1. The van der Waals surface area contributed by atoms with Crippen molar-refractivity contribution in [1.82, 2.24) is 10.3 Å². The molecule has 2 aromatic rings. The van der Waals surface area contributed by atoms with Crippen molar-refractivity contribution in [1.29, 1.82) is 0 Å². The summed E-state index contributed by atoms with van der Waals surface area (Å²) in [6, 6.07) is 6.04. The highest BCUT2D eigenvalue weighted by Gasteiger charge is 2.10. The van der Waals surface area contributed by atoms with Crippen molar-refractivity contribution in [2.75, 3.05) is 11.1 Å². The maximum atomic E-state index is 5.58. The van der Waals surface area contributed by atoms with Gasteiger partial charge in [-0.25, -0.2) is 4.63 Å². The van der Waals surface area contributed by atoms with E-state index in [0.29, 0.717) is 11.4 Å². The molecule has 1 aromatic carbocycles. The Hall–Kier alpha value is -2.30. The SMILES string of the molecule is C=C(Nc1ccc(C)c(C)c1)c1nonc1N. The van der Waals surface area contributed by atoms with E-state index in [1.807, 2.05) is 18.2 Å². The molecule has 3 N–H and O–H groups in total. The van der Waals surface area contributed by atoms with Crippen LogP contribution in [-0.2, 0) is 0 Å². The van der Waals surface area contributed by atoms with Gasteiger partial charge in [0.2, 0.25) is 0 Å². The molecular weight excluding hydrogens is 216 g/mol. The number of nitrogen functional groups attached to an aromatic ring is 1. The molecule has 5 nitrogen and oxygen atoms in total. The predicted molar refractivity (Wildman–Crippen MR) is 67.3 cm³/mol. The Bertz CT molecular complexity index is 559. The zero-order valence-electron chi connectivity index (χ0n) is 9.82. The van der Waals surface area contributed by atoms with Crippen LogP contribution in [0.25, 0.3) is 5.70 Å². The van der Waals surface area contributed by atoms with Crippen LogP contribution in [0.4, 0.5) is 11.5 Å². The number of nitrogens with zero attached hydrogens (tertiary/aromatic N) is 2. The molecule has 1 heterocycles. The third-order valence-corrected chi connectivity index (χ3v) is 2.60. The third-order valence-electron chi connectivity index (χ3n) is 2.60. The Labute approximate surface area is 99.3 Å². The Balaban J connectivity index is 2.19. The number of hydrogen-bond acceptors (Lipinski definition) is 5. The first-order valence-electron chi connectivity index (χ1n) is 5.19. The van der Waals surface area contributed by atoms with Gasteiger partial charge >= 0.3 is 0 Å². The second kappa shape index (κ2) is 4.29. The molecule has 0 aliphatic heterocycles. The topological polar surface area (TPSA) is 77.0 Å². The number of anilines is 2. The minimum Gasteiger partial charge on any atom is -0.379 e. The molecule has 0 aliphatic carbocycles. The van der Waals surface area contributed by atoms with Crippen LogP contribution in [0.5, 0.6) is 0 Å². The maximum absolute atomic E-state index is 5.58. The van der Waals surface area contributed by atoms with Crippen LogP contribution in [0.3, 0.4) is 0 Å². The van der Waals surface area contributed by atoms with Gasteiger partial charge in [-0.2, -0.15) is 0 Å². The standard InChI is InChI=1S/C12H14N4O/c1-7-4-5-10(6-8(7)2)14-9(3)11-12(13)16-17-15-11/h4-6,14H,3H2,1-2H3,(H2,13,16). The molecule has 0 unspecified atom stereocenters. The van der Waals surface area contributed by atoms with Gasteiger partial charge in [0.1, 0.15) is 0 Å². The minimum atomic E-state index is 0.228. The van der Waals surface area contributed by atoms with E-state index < -0.39 is 0 Å². The molecule has 2 rings (SSSR count). The van der Waals surface area contributed by atoms with Crippen molar-refractivity contribution in [2.24, 2.45) is 0 Å². The summed E-state index contributed by atoms with van der Waals surface area (Å²) in [5, 5.41) is 10.3. The van der Waals surface area contributed by atoms with Gasteiger partial charge in [-0.15, -0.1) is 0 Å². The number of aryl methyl sites for hydroxylation is 2. The fourth-order valence-electron chi connectivity index (χ4n) is 1.46. The van der Waals surface area contributed by atoms with Crippen molar-refractivity contribution in [3.63, 3.8) is 0 Å². The Kier molecular flexibility index (Phi) is 2.82. The van der Waals surface area contributed by atoms with Crippen LogP contribution < -0.4 is 11.1 Å². The van der Waals surface area contributed by atoms with E-state index in [-0.39, 0.29) is 5.82 Å². The molecule has 88 valence electrons. The largest absolute Gasteiger partial charge is 0.379 e. The smallest absolute Gasteiger partial charge is 0.197 e. The fourth-order valence-corrected chi connectivity index (χ4v) is 1.46. The van der Waals surface area contributed by atoms with Gasteiger partial charge in [-0.05, 0) is 47.4 Å². The van der Waals surface area contributed by atoms with E-state index in [2.05, 4.69) is 40.7 Å². The number of rotatable bonds is 3. The molecule has 17 heavy (non-hydrogen) atoms. The van der Waals surface area contributed by atoms with Gasteiger partial charge < -0.3 is 11.1 Å². The molecule has 0 aliphatic rings. The van der Waals surface area contributed by atoms with E-state index in [1.165, 1.54) is 11.1 Å². The summed E-state index contributed by atoms with van der Waals surface area (Å²) in [6.45, 7) is 7.97. The molecular formula is C12H14N4O. The van der Waals surface area contributed by atoms with Crippen molar-refractivity contribution >= 4 is 17.2 Å².